The van der Waals surface area contributed by atoms with Crippen LogP contribution in [0.4, 0.5) is 0 Å². The Kier molecular flexibility index (Phi) is 6.22. The van der Waals surface area contributed by atoms with Gasteiger partial charge in [-0.15, -0.1) is 0 Å². The van der Waals surface area contributed by atoms with Gasteiger partial charge in [-0.1, -0.05) is 24.3 Å². The van der Waals surface area contributed by atoms with E-state index in [2.05, 4.69) is 4.98 Å². The molecule has 2 N–H and O–H groups in total. The zero-order valence-electron chi connectivity index (χ0n) is 16.8. The van der Waals surface area contributed by atoms with Gasteiger partial charge in [-0.25, -0.2) is 0 Å². The molecule has 0 aliphatic rings. The van der Waals surface area contributed by atoms with E-state index in [-0.39, 0.29) is 30.4 Å². The van der Waals surface area contributed by atoms with Gasteiger partial charge in [-0.05, 0) is 50.6 Å². The Morgan fingerprint density at radius 2 is 1.79 bits per heavy atom. The van der Waals surface area contributed by atoms with Crippen molar-refractivity contribution in [1.82, 2.24) is 4.98 Å². The molecule has 0 saturated heterocycles. The summed E-state index contributed by atoms with van der Waals surface area (Å²) in [5.41, 5.74) is 0.965. The molecule has 0 radical (unpaired) electrons. The monoisotopic (exact) mass is 395 g/mol. The number of benzene rings is 2. The van der Waals surface area contributed by atoms with E-state index in [4.69, 9.17) is 9.47 Å². The van der Waals surface area contributed by atoms with Gasteiger partial charge in [0.1, 0.15) is 11.5 Å². The first-order chi connectivity index (χ1) is 13.9. The van der Waals surface area contributed by atoms with E-state index in [1.54, 1.807) is 55.5 Å². The van der Waals surface area contributed by atoms with Crippen molar-refractivity contribution in [2.45, 2.75) is 39.2 Å². The van der Waals surface area contributed by atoms with E-state index >= 15 is 0 Å². The molecule has 1 atom stereocenters. The van der Waals surface area contributed by atoms with Gasteiger partial charge in [0.25, 0.3) is 5.56 Å². The summed E-state index contributed by atoms with van der Waals surface area (Å²) in [6.45, 7) is 5.84. The van der Waals surface area contributed by atoms with Crippen molar-refractivity contribution in [3.8, 4) is 11.5 Å². The molecular weight excluding hydrogens is 370 g/mol. The maximum absolute atomic E-state index is 12.8. The molecule has 0 unspecified atom stereocenters. The average Bonchev–Trinajstić information content (AvgIpc) is 2.67. The van der Waals surface area contributed by atoms with Crippen LogP contribution >= 0.6 is 0 Å². The lowest BCUT2D eigenvalue weighted by atomic mass is 9.87. The predicted octanol–water partition coefficient (Wildman–Crippen LogP) is 4.11. The van der Waals surface area contributed by atoms with Crippen LogP contribution in [-0.2, 0) is 9.53 Å². The molecule has 1 aromatic heterocycles. The van der Waals surface area contributed by atoms with E-state index in [0.717, 1.165) is 0 Å². The molecule has 2 aromatic carbocycles. The fourth-order valence-electron chi connectivity index (χ4n) is 3.39. The molecule has 3 aromatic rings. The number of pyridine rings is 1. The number of aromatic amines is 1. The van der Waals surface area contributed by atoms with Crippen molar-refractivity contribution in [3.63, 3.8) is 0 Å². The first kappa shape index (κ1) is 20.5. The first-order valence-electron chi connectivity index (χ1n) is 9.66. The number of carbonyl (C=O) groups excluding carboxylic acids is 1. The highest BCUT2D eigenvalue weighted by Crippen LogP contribution is 2.36. The Morgan fingerprint density at radius 1 is 1.10 bits per heavy atom. The number of para-hydroxylation sites is 1. The minimum Gasteiger partial charge on any atom is -0.507 e. The van der Waals surface area contributed by atoms with Crippen molar-refractivity contribution in [3.05, 3.63) is 70.0 Å². The van der Waals surface area contributed by atoms with Crippen LogP contribution < -0.4 is 10.3 Å². The van der Waals surface area contributed by atoms with Crippen LogP contribution in [0, 0.1) is 0 Å². The Hall–Kier alpha value is -3.28. The Morgan fingerprint density at radius 3 is 2.45 bits per heavy atom. The summed E-state index contributed by atoms with van der Waals surface area (Å²) in [6, 6.07) is 14.2. The lowest BCUT2D eigenvalue weighted by Gasteiger charge is -2.19. The van der Waals surface area contributed by atoms with E-state index in [0.29, 0.717) is 22.2 Å². The molecule has 0 aliphatic carbocycles. The van der Waals surface area contributed by atoms with E-state index in [9.17, 15) is 14.7 Å². The number of esters is 1. The van der Waals surface area contributed by atoms with Gasteiger partial charge in [0.05, 0.1) is 30.2 Å². The second-order valence-corrected chi connectivity index (χ2v) is 7.06. The highest BCUT2D eigenvalue weighted by atomic mass is 16.5. The maximum Gasteiger partial charge on any atom is 0.306 e. The van der Waals surface area contributed by atoms with Gasteiger partial charge in [-0.3, -0.25) is 9.59 Å². The predicted molar refractivity (Wildman–Crippen MR) is 112 cm³/mol. The largest absolute Gasteiger partial charge is 0.507 e. The minimum atomic E-state index is -0.657. The second-order valence-electron chi connectivity index (χ2n) is 7.06. The molecule has 152 valence electrons. The number of aromatic hydroxyl groups is 1. The van der Waals surface area contributed by atoms with Crippen LogP contribution in [0.5, 0.6) is 11.5 Å². The molecular formula is C23H25NO5. The number of rotatable bonds is 7. The first-order valence-corrected chi connectivity index (χ1v) is 9.66. The molecule has 3 rings (SSSR count). The zero-order chi connectivity index (χ0) is 21.0. The van der Waals surface area contributed by atoms with Gasteiger partial charge in [0, 0.05) is 11.3 Å². The SMILES string of the molecule is CCOC(=O)C[C@H](c1ccc(OC(C)C)cc1)c1c(O)c2ccccc2[nH]c1=O. The van der Waals surface area contributed by atoms with Crippen molar-refractivity contribution >= 4 is 16.9 Å². The average molecular weight is 395 g/mol. The van der Waals surface area contributed by atoms with Gasteiger partial charge in [0.2, 0.25) is 0 Å². The smallest absolute Gasteiger partial charge is 0.306 e. The second kappa shape index (κ2) is 8.82. The molecule has 6 heteroatoms. The van der Waals surface area contributed by atoms with Gasteiger partial charge < -0.3 is 19.6 Å². The van der Waals surface area contributed by atoms with Crippen LogP contribution in [0.2, 0.25) is 0 Å². The quantitative estimate of drug-likeness (QED) is 0.588. The van der Waals surface area contributed by atoms with Crippen LogP contribution in [0.1, 0.15) is 44.2 Å². The van der Waals surface area contributed by atoms with Crippen LogP contribution in [0.3, 0.4) is 0 Å². The highest BCUT2D eigenvalue weighted by Gasteiger charge is 2.26. The summed E-state index contributed by atoms with van der Waals surface area (Å²) in [5, 5.41) is 11.4. The summed E-state index contributed by atoms with van der Waals surface area (Å²) >= 11 is 0. The minimum absolute atomic E-state index is 0.0311. The molecule has 0 saturated carbocycles. The van der Waals surface area contributed by atoms with Gasteiger partial charge >= 0.3 is 5.97 Å². The highest BCUT2D eigenvalue weighted by molar-refractivity contribution is 5.86. The molecule has 0 aliphatic heterocycles. The van der Waals surface area contributed by atoms with Gasteiger partial charge in [0.15, 0.2) is 0 Å². The number of hydrogen-bond acceptors (Lipinski definition) is 5. The molecule has 0 bridgehead atoms. The van der Waals surface area contributed by atoms with E-state index in [1.165, 1.54) is 0 Å². The molecule has 0 fully saturated rings. The standard InChI is InChI=1S/C23H25NO5/c1-4-28-20(25)13-18(15-9-11-16(12-10-15)29-14(2)3)21-22(26)17-7-5-6-8-19(17)24-23(21)27/h5-12,14,18H,4,13H2,1-3H3,(H2,24,26,27)/t18-/m1/s1. The number of carbonyl (C=O) groups is 1. The summed E-state index contributed by atoms with van der Waals surface area (Å²) in [6.07, 6.45) is -0.0312. The zero-order valence-corrected chi connectivity index (χ0v) is 16.8. The Balaban J connectivity index is 2.10. The Labute approximate surface area is 169 Å². The normalized spacial score (nSPS) is 12.1. The van der Waals surface area contributed by atoms with Crippen LogP contribution in [-0.4, -0.2) is 28.8 Å². The third kappa shape index (κ3) is 4.59. The number of hydrogen-bond donors (Lipinski definition) is 2. The molecule has 0 amide bonds. The van der Waals surface area contributed by atoms with Crippen molar-refractivity contribution in [2.24, 2.45) is 0 Å². The number of H-pyrrole nitrogens is 1. The topological polar surface area (TPSA) is 88.6 Å². The van der Waals surface area contributed by atoms with Crippen LogP contribution in [0.25, 0.3) is 10.9 Å². The lowest BCUT2D eigenvalue weighted by Crippen LogP contribution is -2.21. The third-order valence-corrected chi connectivity index (χ3v) is 4.61. The van der Waals surface area contributed by atoms with E-state index in [1.807, 2.05) is 13.8 Å². The molecule has 29 heavy (non-hydrogen) atoms. The van der Waals surface area contributed by atoms with Crippen molar-refractivity contribution in [2.75, 3.05) is 6.61 Å². The summed E-state index contributed by atoms with van der Waals surface area (Å²) < 4.78 is 10.8. The molecule has 6 nitrogen and oxygen atoms in total. The van der Waals surface area contributed by atoms with Crippen molar-refractivity contribution in [1.29, 1.82) is 0 Å². The fraction of sp³-hybridized carbons (Fsp3) is 0.304. The fourth-order valence-corrected chi connectivity index (χ4v) is 3.39. The number of aromatic nitrogens is 1. The molecule has 1 heterocycles. The van der Waals surface area contributed by atoms with Crippen LogP contribution in [0.15, 0.2) is 53.3 Å². The van der Waals surface area contributed by atoms with Crippen molar-refractivity contribution < 1.29 is 19.4 Å². The molecule has 0 spiro atoms. The lowest BCUT2D eigenvalue weighted by molar-refractivity contribution is -0.143. The van der Waals surface area contributed by atoms with Gasteiger partial charge in [-0.2, -0.15) is 0 Å². The maximum atomic E-state index is 12.8. The summed E-state index contributed by atoms with van der Waals surface area (Å²) in [5.74, 6) is -0.529. The third-order valence-electron chi connectivity index (χ3n) is 4.61. The Bertz CT molecular complexity index is 1050. The number of ether oxygens (including phenoxy) is 2. The summed E-state index contributed by atoms with van der Waals surface area (Å²) in [4.78, 5) is 27.9. The summed E-state index contributed by atoms with van der Waals surface area (Å²) in [7, 11) is 0. The number of nitrogens with one attached hydrogen (secondary N) is 1. The number of fused-ring (bicyclic) bond motifs is 1. The van der Waals surface area contributed by atoms with E-state index < -0.39 is 17.4 Å².